The number of phenolic OH excluding ortho intramolecular Hbond substituents is 1. The number of anilines is 1. The molecule has 2 aromatic rings. The molecular formula is C30H23Br2NO7. The van der Waals surface area contributed by atoms with Gasteiger partial charge in [0.15, 0.2) is 23.1 Å². The van der Waals surface area contributed by atoms with Crippen LogP contribution in [0.15, 0.2) is 74.2 Å². The summed E-state index contributed by atoms with van der Waals surface area (Å²) in [5.41, 5.74) is 2.50. The Morgan fingerprint density at radius 3 is 2.20 bits per heavy atom. The topological polar surface area (TPSA) is 110 Å². The number of Topliss-reactive ketones (excluding diaryl/α,β-unsaturated/α-hetero) is 1. The average Bonchev–Trinajstić information content (AvgIpc) is 3.21. The molecule has 204 valence electrons. The summed E-state index contributed by atoms with van der Waals surface area (Å²) in [6, 6.07) is 10.2. The number of carbonyl (C=O) groups is 4. The number of nitrogens with zero attached hydrogens (tertiary/aromatic N) is 1. The number of carbonyl (C=O) groups excluding carboxylic acids is 4. The fourth-order valence-electron chi connectivity index (χ4n) is 6.51. The molecule has 1 fully saturated rings. The highest BCUT2D eigenvalue weighted by molar-refractivity contribution is 9.12. The molecule has 1 saturated heterocycles. The molecule has 0 aromatic heterocycles. The molecule has 4 aliphatic rings. The molecule has 8 nitrogen and oxygen atoms in total. The zero-order valence-corrected chi connectivity index (χ0v) is 24.6. The van der Waals surface area contributed by atoms with Crippen LogP contribution in [0.2, 0.25) is 0 Å². The van der Waals surface area contributed by atoms with Crippen LogP contribution in [0.25, 0.3) is 0 Å². The summed E-state index contributed by atoms with van der Waals surface area (Å²) in [6.07, 6.45) is 3.69. The molecule has 0 radical (unpaired) electrons. The van der Waals surface area contributed by atoms with E-state index in [1.165, 1.54) is 25.2 Å². The average molecular weight is 669 g/mol. The van der Waals surface area contributed by atoms with Gasteiger partial charge in [-0.2, -0.15) is 0 Å². The SMILES string of the molecule is COc1cc(C2C3=CCC4C(=O)N(c5ccc(Br)cc5)C(=O)C4C3CC3=C2C(=O)C=C(Br)C3=O)cc(OC)c1O. The maximum Gasteiger partial charge on any atom is 0.238 e. The maximum absolute atomic E-state index is 14.0. The van der Waals surface area contributed by atoms with Gasteiger partial charge in [-0.15, -0.1) is 0 Å². The van der Waals surface area contributed by atoms with Crippen molar-refractivity contribution in [1.82, 2.24) is 0 Å². The number of methoxy groups -OCH3 is 2. The Hall–Kier alpha value is -3.50. The molecule has 3 aliphatic carbocycles. The first-order valence-corrected chi connectivity index (χ1v) is 14.2. The van der Waals surface area contributed by atoms with Crippen LogP contribution in [-0.2, 0) is 19.2 Å². The van der Waals surface area contributed by atoms with Crippen LogP contribution in [0.3, 0.4) is 0 Å². The van der Waals surface area contributed by atoms with Crippen LogP contribution in [0.4, 0.5) is 5.69 Å². The van der Waals surface area contributed by atoms with E-state index in [2.05, 4.69) is 31.9 Å². The maximum atomic E-state index is 14.0. The van der Waals surface area contributed by atoms with Crippen molar-refractivity contribution >= 4 is 60.9 Å². The van der Waals surface area contributed by atoms with Crippen LogP contribution >= 0.6 is 31.9 Å². The Morgan fingerprint density at radius 2 is 1.57 bits per heavy atom. The van der Waals surface area contributed by atoms with Crippen molar-refractivity contribution in [2.45, 2.75) is 18.8 Å². The van der Waals surface area contributed by atoms with E-state index in [1.807, 2.05) is 6.08 Å². The van der Waals surface area contributed by atoms with Gasteiger partial charge < -0.3 is 14.6 Å². The highest BCUT2D eigenvalue weighted by atomic mass is 79.9. The van der Waals surface area contributed by atoms with E-state index in [0.29, 0.717) is 28.8 Å². The summed E-state index contributed by atoms with van der Waals surface area (Å²) in [4.78, 5) is 55.6. The molecule has 2 amide bonds. The van der Waals surface area contributed by atoms with E-state index in [9.17, 15) is 24.3 Å². The summed E-state index contributed by atoms with van der Waals surface area (Å²) in [5, 5.41) is 10.5. The first kappa shape index (κ1) is 26.7. The lowest BCUT2D eigenvalue weighted by molar-refractivity contribution is -0.123. The zero-order valence-electron chi connectivity index (χ0n) is 21.4. The van der Waals surface area contributed by atoms with Crippen molar-refractivity contribution in [2.75, 3.05) is 19.1 Å². The molecule has 4 atom stereocenters. The van der Waals surface area contributed by atoms with E-state index in [1.54, 1.807) is 36.4 Å². The zero-order chi connectivity index (χ0) is 28.5. The summed E-state index contributed by atoms with van der Waals surface area (Å²) >= 11 is 6.62. The van der Waals surface area contributed by atoms with Gasteiger partial charge in [-0.05, 0) is 76.7 Å². The number of ketones is 2. The Labute approximate surface area is 246 Å². The molecular weight excluding hydrogens is 646 g/mol. The Balaban J connectivity index is 1.51. The van der Waals surface area contributed by atoms with Crippen LogP contribution < -0.4 is 14.4 Å². The van der Waals surface area contributed by atoms with Gasteiger partial charge >= 0.3 is 0 Å². The number of allylic oxidation sites excluding steroid dienone is 6. The van der Waals surface area contributed by atoms with Gasteiger partial charge in [-0.3, -0.25) is 24.1 Å². The van der Waals surface area contributed by atoms with Crippen molar-refractivity contribution in [3.63, 3.8) is 0 Å². The number of ether oxygens (including phenoxy) is 2. The van der Waals surface area contributed by atoms with Crippen molar-refractivity contribution in [2.24, 2.45) is 17.8 Å². The van der Waals surface area contributed by atoms with Gasteiger partial charge in [-0.1, -0.05) is 27.6 Å². The van der Waals surface area contributed by atoms with Crippen molar-refractivity contribution in [3.05, 3.63) is 79.8 Å². The van der Waals surface area contributed by atoms with E-state index < -0.39 is 23.7 Å². The minimum absolute atomic E-state index is 0.146. The van der Waals surface area contributed by atoms with Gasteiger partial charge in [0.25, 0.3) is 0 Å². The highest BCUT2D eigenvalue weighted by Gasteiger charge is 2.56. The monoisotopic (exact) mass is 667 g/mol. The largest absolute Gasteiger partial charge is 0.502 e. The minimum Gasteiger partial charge on any atom is -0.502 e. The minimum atomic E-state index is -0.698. The predicted molar refractivity (Wildman–Crippen MR) is 152 cm³/mol. The summed E-state index contributed by atoms with van der Waals surface area (Å²) in [5.74, 6) is -3.58. The van der Waals surface area contributed by atoms with E-state index in [-0.39, 0.29) is 51.5 Å². The highest BCUT2D eigenvalue weighted by Crippen LogP contribution is 2.56. The number of halogens is 2. The fourth-order valence-corrected chi connectivity index (χ4v) is 7.22. The number of aromatic hydroxyl groups is 1. The quantitative estimate of drug-likeness (QED) is 0.273. The van der Waals surface area contributed by atoms with Gasteiger partial charge in [0.1, 0.15) is 0 Å². The van der Waals surface area contributed by atoms with Gasteiger partial charge in [0.05, 0.1) is 36.2 Å². The first-order chi connectivity index (χ1) is 19.2. The van der Waals surface area contributed by atoms with E-state index in [4.69, 9.17) is 9.47 Å². The number of phenols is 1. The van der Waals surface area contributed by atoms with Gasteiger partial charge in [0.2, 0.25) is 17.6 Å². The lowest BCUT2D eigenvalue weighted by Crippen LogP contribution is -2.39. The summed E-state index contributed by atoms with van der Waals surface area (Å²) in [6.45, 7) is 0. The van der Waals surface area contributed by atoms with E-state index >= 15 is 0 Å². The van der Waals surface area contributed by atoms with Crippen LogP contribution in [0.1, 0.15) is 24.3 Å². The van der Waals surface area contributed by atoms with Crippen molar-refractivity contribution in [1.29, 1.82) is 0 Å². The molecule has 10 heteroatoms. The first-order valence-electron chi connectivity index (χ1n) is 12.6. The van der Waals surface area contributed by atoms with Crippen LogP contribution in [-0.4, -0.2) is 42.7 Å². The van der Waals surface area contributed by atoms with E-state index in [0.717, 1.165) is 10.0 Å². The number of benzene rings is 2. The van der Waals surface area contributed by atoms with Crippen LogP contribution in [0, 0.1) is 17.8 Å². The fraction of sp³-hybridized carbons (Fsp3) is 0.267. The normalized spacial score (nSPS) is 25.8. The van der Waals surface area contributed by atoms with Gasteiger partial charge in [0, 0.05) is 27.6 Å². The second-order valence-corrected chi connectivity index (χ2v) is 11.9. The summed E-state index contributed by atoms with van der Waals surface area (Å²) in [7, 11) is 2.82. The van der Waals surface area contributed by atoms with Crippen molar-refractivity contribution < 1.29 is 33.8 Å². The number of hydrogen-bond donors (Lipinski definition) is 1. The Bertz CT molecular complexity index is 1580. The lowest BCUT2D eigenvalue weighted by Gasteiger charge is -2.42. The predicted octanol–water partition coefficient (Wildman–Crippen LogP) is 5.14. The third-order valence-electron chi connectivity index (χ3n) is 8.25. The molecule has 0 bridgehead atoms. The second kappa shape index (κ2) is 9.85. The number of fused-ring (bicyclic) bond motifs is 3. The number of rotatable bonds is 4. The van der Waals surface area contributed by atoms with Crippen LogP contribution in [0.5, 0.6) is 17.2 Å². The third-order valence-corrected chi connectivity index (χ3v) is 9.37. The summed E-state index contributed by atoms with van der Waals surface area (Å²) < 4.78 is 11.7. The molecule has 40 heavy (non-hydrogen) atoms. The molecule has 1 aliphatic heterocycles. The Kier molecular flexibility index (Phi) is 6.58. The number of imide groups is 1. The second-order valence-electron chi connectivity index (χ2n) is 10.2. The molecule has 1 N–H and O–H groups in total. The lowest BCUT2D eigenvalue weighted by atomic mass is 9.59. The third kappa shape index (κ3) is 3.91. The van der Waals surface area contributed by atoms with Gasteiger partial charge in [-0.25, -0.2) is 0 Å². The number of amides is 2. The molecule has 1 heterocycles. The standard InChI is InChI=1S/C30H23Br2NO7/c1-39-22-9-13(10-23(40-2)28(22)36)24-16-7-8-17-25(18(16)11-19-26(24)21(34)12-20(32)27(19)35)30(38)33(29(17)37)15-5-3-14(31)4-6-15/h3-7,9-10,12,17-18,24-25,36H,8,11H2,1-2H3. The molecule has 2 aromatic carbocycles. The smallest absolute Gasteiger partial charge is 0.238 e. The Morgan fingerprint density at radius 1 is 0.925 bits per heavy atom. The molecule has 6 rings (SSSR count). The molecule has 0 saturated carbocycles. The molecule has 0 spiro atoms. The molecule has 4 unspecified atom stereocenters. The van der Waals surface area contributed by atoms with Crippen molar-refractivity contribution in [3.8, 4) is 17.2 Å². The number of hydrogen-bond acceptors (Lipinski definition) is 7.